The Morgan fingerprint density at radius 3 is 2.57 bits per heavy atom. The highest BCUT2D eigenvalue weighted by atomic mass is 16.7. The smallest absolute Gasteiger partial charge is 0.188 e. The van der Waals surface area contributed by atoms with Crippen LogP contribution in [0.5, 0.6) is 5.75 Å². The predicted molar refractivity (Wildman–Crippen MR) is 83.4 cm³/mol. The van der Waals surface area contributed by atoms with Gasteiger partial charge in [-0.1, -0.05) is 0 Å². The molecule has 0 bridgehead atoms. The molecule has 0 aromatic heterocycles. The maximum absolute atomic E-state index is 11.7. The van der Waals surface area contributed by atoms with Crippen molar-refractivity contribution in [3.05, 3.63) is 24.3 Å². The van der Waals surface area contributed by atoms with Crippen molar-refractivity contribution in [2.75, 3.05) is 25.6 Å². The van der Waals surface area contributed by atoms with Gasteiger partial charge in [-0.25, -0.2) is 0 Å². The molecule has 3 N–H and O–H groups in total. The molecule has 1 aliphatic rings. The molecule has 1 fully saturated rings. The summed E-state index contributed by atoms with van der Waals surface area (Å²) in [5, 5.41) is 22.3. The Labute approximate surface area is 135 Å². The second-order valence-electron chi connectivity index (χ2n) is 5.84. The highest BCUT2D eigenvalue weighted by Gasteiger charge is 2.42. The van der Waals surface area contributed by atoms with Gasteiger partial charge in [0, 0.05) is 5.69 Å². The Hall–Kier alpha value is -1.67. The lowest BCUT2D eigenvalue weighted by Crippen LogP contribution is -2.49. The number of ketones is 1. The van der Waals surface area contributed by atoms with Gasteiger partial charge in [-0.15, -0.1) is 0 Å². The van der Waals surface area contributed by atoms with Crippen LogP contribution in [0, 0.1) is 0 Å². The molecule has 0 spiro atoms. The normalized spacial score (nSPS) is 22.4. The predicted octanol–water partition coefficient (Wildman–Crippen LogP) is 0.549. The third kappa shape index (κ3) is 4.42. The lowest BCUT2D eigenvalue weighted by molar-refractivity contribution is -0.147. The third-order valence-corrected chi connectivity index (χ3v) is 3.68. The van der Waals surface area contributed by atoms with E-state index in [4.69, 9.17) is 19.3 Å². The average molecular weight is 325 g/mol. The average Bonchev–Trinajstić information content (AvgIpc) is 2.91. The number of Topliss-reactive ketones (excluding diaryl/α,β-unsaturated/α-hetero) is 1. The molecule has 1 heterocycles. The number of anilines is 1. The largest absolute Gasteiger partial charge is 0.497 e. The minimum absolute atomic E-state index is 0.233. The number of hydrogen-bond acceptors (Lipinski definition) is 7. The van der Waals surface area contributed by atoms with Crippen LogP contribution in [0.2, 0.25) is 0 Å². The number of aliphatic hydroxyl groups excluding tert-OH is 2. The van der Waals surface area contributed by atoms with Gasteiger partial charge in [-0.3, -0.25) is 4.79 Å². The minimum atomic E-state index is -1.41. The van der Waals surface area contributed by atoms with Crippen LogP contribution >= 0.6 is 0 Å². The molecular formula is C16H23NO6. The molecule has 1 aromatic carbocycles. The number of benzene rings is 1. The van der Waals surface area contributed by atoms with E-state index in [-0.39, 0.29) is 6.61 Å². The molecule has 0 amide bonds. The zero-order valence-corrected chi connectivity index (χ0v) is 13.5. The summed E-state index contributed by atoms with van der Waals surface area (Å²) in [7, 11) is 1.57. The number of aliphatic hydroxyl groups is 2. The lowest BCUT2D eigenvalue weighted by atomic mass is 10.0. The summed E-state index contributed by atoms with van der Waals surface area (Å²) in [5.74, 6) is -0.767. The highest BCUT2D eigenvalue weighted by Crippen LogP contribution is 2.27. The second kappa shape index (κ2) is 7.27. The Bertz CT molecular complexity index is 530. The van der Waals surface area contributed by atoms with Crippen LogP contribution in [0.3, 0.4) is 0 Å². The van der Waals surface area contributed by atoms with Crippen molar-refractivity contribution in [2.45, 2.75) is 37.9 Å². The summed E-state index contributed by atoms with van der Waals surface area (Å²) in [6, 6.07) is 6.31. The molecule has 0 unspecified atom stereocenters. The first-order valence-electron chi connectivity index (χ1n) is 7.40. The van der Waals surface area contributed by atoms with Crippen LogP contribution in [0.25, 0.3) is 0 Å². The van der Waals surface area contributed by atoms with E-state index in [1.807, 2.05) is 0 Å². The first kappa shape index (κ1) is 17.7. The third-order valence-electron chi connectivity index (χ3n) is 3.68. The number of hydrogen-bond donors (Lipinski definition) is 3. The van der Waals surface area contributed by atoms with E-state index < -0.39 is 36.4 Å². The Balaban J connectivity index is 2.17. The Morgan fingerprint density at radius 1 is 1.43 bits per heavy atom. The summed E-state index contributed by atoms with van der Waals surface area (Å²) in [5.41, 5.74) is 0.689. The van der Waals surface area contributed by atoms with Crippen molar-refractivity contribution in [1.82, 2.24) is 0 Å². The van der Waals surface area contributed by atoms with Crippen molar-refractivity contribution < 1.29 is 29.2 Å². The fourth-order valence-electron chi connectivity index (χ4n) is 2.44. The van der Waals surface area contributed by atoms with Crippen LogP contribution in [0.4, 0.5) is 5.69 Å². The number of nitrogens with one attached hydrogen (secondary N) is 1. The molecule has 0 radical (unpaired) electrons. The Kier molecular flexibility index (Phi) is 5.59. The van der Waals surface area contributed by atoms with Gasteiger partial charge < -0.3 is 29.7 Å². The maximum atomic E-state index is 11.7. The molecule has 2 rings (SSSR count). The van der Waals surface area contributed by atoms with Crippen molar-refractivity contribution in [3.63, 3.8) is 0 Å². The SMILES string of the molecule is COc1ccc(N[C@H]([C@H]2COC(C)(C)O2)[C@@H](O)C(=O)CO)cc1. The number of rotatable bonds is 7. The van der Waals surface area contributed by atoms with Crippen LogP contribution in [-0.4, -0.2) is 60.4 Å². The maximum Gasteiger partial charge on any atom is 0.188 e. The molecule has 7 heteroatoms. The summed E-state index contributed by atoms with van der Waals surface area (Å²) in [4.78, 5) is 11.7. The molecule has 0 aliphatic carbocycles. The molecule has 1 saturated heterocycles. The minimum Gasteiger partial charge on any atom is -0.497 e. The van der Waals surface area contributed by atoms with Crippen molar-refractivity contribution in [1.29, 1.82) is 0 Å². The molecule has 1 aromatic rings. The Morgan fingerprint density at radius 2 is 2.09 bits per heavy atom. The number of carbonyl (C=O) groups excluding carboxylic acids is 1. The van der Waals surface area contributed by atoms with Gasteiger partial charge in [0.1, 0.15) is 24.6 Å². The first-order chi connectivity index (χ1) is 10.9. The van der Waals surface area contributed by atoms with E-state index in [1.165, 1.54) is 0 Å². The number of carbonyl (C=O) groups is 1. The fraction of sp³-hybridized carbons (Fsp3) is 0.562. The van der Waals surface area contributed by atoms with Crippen LogP contribution in [0.15, 0.2) is 24.3 Å². The van der Waals surface area contributed by atoms with Gasteiger partial charge in [-0.2, -0.15) is 0 Å². The van der Waals surface area contributed by atoms with E-state index in [0.29, 0.717) is 11.4 Å². The summed E-state index contributed by atoms with van der Waals surface area (Å²) in [6.45, 7) is 3.02. The molecule has 3 atom stereocenters. The molecular weight excluding hydrogens is 302 g/mol. The highest BCUT2D eigenvalue weighted by molar-refractivity contribution is 5.85. The standard InChI is InChI=1S/C16H23NO6/c1-16(2)22-9-13(23-16)14(15(20)12(19)8-18)17-10-4-6-11(21-3)7-5-10/h4-7,13-15,17-18,20H,8-9H2,1-3H3/t13-,14-,15+/m1/s1. The van der Waals surface area contributed by atoms with Crippen LogP contribution < -0.4 is 10.1 Å². The van der Waals surface area contributed by atoms with E-state index in [2.05, 4.69) is 5.32 Å². The molecule has 1 aliphatic heterocycles. The first-order valence-corrected chi connectivity index (χ1v) is 7.40. The molecule has 7 nitrogen and oxygen atoms in total. The van der Waals surface area contributed by atoms with E-state index in [1.54, 1.807) is 45.2 Å². The second-order valence-corrected chi connectivity index (χ2v) is 5.84. The van der Waals surface area contributed by atoms with Crippen LogP contribution in [0.1, 0.15) is 13.8 Å². The lowest BCUT2D eigenvalue weighted by Gasteiger charge is -2.29. The van der Waals surface area contributed by atoms with Crippen molar-refractivity contribution >= 4 is 11.5 Å². The van der Waals surface area contributed by atoms with Crippen molar-refractivity contribution in [2.24, 2.45) is 0 Å². The van der Waals surface area contributed by atoms with Gasteiger partial charge in [0.2, 0.25) is 0 Å². The van der Waals surface area contributed by atoms with E-state index >= 15 is 0 Å². The quantitative estimate of drug-likeness (QED) is 0.673. The van der Waals surface area contributed by atoms with Gasteiger partial charge >= 0.3 is 0 Å². The zero-order chi connectivity index (χ0) is 17.0. The van der Waals surface area contributed by atoms with Gasteiger partial charge in [-0.05, 0) is 38.1 Å². The molecule has 128 valence electrons. The summed E-state index contributed by atoms with van der Waals surface area (Å²) < 4.78 is 16.3. The molecule has 0 saturated carbocycles. The summed E-state index contributed by atoms with van der Waals surface area (Å²) >= 11 is 0. The summed E-state index contributed by atoms with van der Waals surface area (Å²) in [6.07, 6.45) is -1.94. The number of ether oxygens (including phenoxy) is 3. The fourth-order valence-corrected chi connectivity index (χ4v) is 2.44. The number of methoxy groups -OCH3 is 1. The van der Waals surface area contributed by atoms with Crippen LogP contribution in [-0.2, 0) is 14.3 Å². The van der Waals surface area contributed by atoms with Gasteiger partial charge in [0.25, 0.3) is 0 Å². The monoisotopic (exact) mass is 325 g/mol. The van der Waals surface area contributed by atoms with Crippen molar-refractivity contribution in [3.8, 4) is 5.75 Å². The topological polar surface area (TPSA) is 97.3 Å². The van der Waals surface area contributed by atoms with Gasteiger partial charge in [0.05, 0.1) is 19.8 Å². The zero-order valence-electron chi connectivity index (χ0n) is 13.5. The van der Waals surface area contributed by atoms with E-state index in [9.17, 15) is 9.90 Å². The molecule has 23 heavy (non-hydrogen) atoms. The van der Waals surface area contributed by atoms with Gasteiger partial charge in [0.15, 0.2) is 11.6 Å². The van der Waals surface area contributed by atoms with E-state index in [0.717, 1.165) is 0 Å².